The van der Waals surface area contributed by atoms with Crippen molar-refractivity contribution in [1.29, 1.82) is 0 Å². The van der Waals surface area contributed by atoms with Crippen LogP contribution in [0.1, 0.15) is 110 Å². The third-order valence-electron chi connectivity index (χ3n) is 16.9. The van der Waals surface area contributed by atoms with E-state index in [0.29, 0.717) is 48.7 Å². The molecule has 14 nitrogen and oxygen atoms in total. The highest BCUT2D eigenvalue weighted by molar-refractivity contribution is 7.47. The number of carbonyl (C=O) groups is 2. The van der Waals surface area contributed by atoms with Gasteiger partial charge < -0.3 is 36.2 Å². The molecule has 0 spiro atoms. The first-order valence-corrected chi connectivity index (χ1v) is 34.3. The van der Waals surface area contributed by atoms with Crippen LogP contribution in [0, 0.1) is 27.7 Å². The summed E-state index contributed by atoms with van der Waals surface area (Å²) in [5.41, 5.74) is 16.1. The Kier molecular flexibility index (Phi) is 16.0. The van der Waals surface area contributed by atoms with Crippen molar-refractivity contribution in [3.63, 3.8) is 0 Å². The first kappa shape index (κ1) is 59.9. The average molecular weight is 1290 g/mol. The van der Waals surface area contributed by atoms with Crippen LogP contribution in [0.15, 0.2) is 198 Å². The molecule has 0 saturated carbocycles. The third kappa shape index (κ3) is 11.0. The van der Waals surface area contributed by atoms with Crippen molar-refractivity contribution in [3.05, 3.63) is 298 Å². The van der Waals surface area contributed by atoms with E-state index < -0.39 is 45.7 Å². The highest BCUT2D eigenvalue weighted by Crippen LogP contribution is 2.61. The number of allylic oxidation sites excluding steroid dienone is 2. The molecule has 0 saturated heterocycles. The summed E-state index contributed by atoms with van der Waals surface area (Å²) in [4.78, 5) is 29.3. The number of carbonyl (C=O) groups excluding carboxylic acids is 2. The number of hydrogen-bond acceptors (Lipinski definition) is 10. The fourth-order valence-corrected chi connectivity index (χ4v) is 17.7. The topological polar surface area (TPSA) is 128 Å². The number of benzene rings is 6. The molecule has 4 atom stereocenters. The van der Waals surface area contributed by atoms with E-state index in [1.807, 2.05) is 139 Å². The van der Waals surface area contributed by atoms with Crippen LogP contribution >= 0.6 is 34.1 Å². The summed E-state index contributed by atoms with van der Waals surface area (Å²) in [5, 5.41) is 0. The summed E-state index contributed by atoms with van der Waals surface area (Å²) in [6.45, 7) is 32.4. The van der Waals surface area contributed by atoms with Crippen LogP contribution in [0.3, 0.4) is 0 Å². The van der Waals surface area contributed by atoms with Crippen molar-refractivity contribution in [2.45, 2.75) is 53.4 Å². The fraction of sp³-hybridized carbons (Fsp3) is 0.108. The predicted molar refractivity (Wildman–Crippen MR) is 369 cm³/mol. The molecular weight excluding hydrogens is 1230 g/mol. The summed E-state index contributed by atoms with van der Waals surface area (Å²) in [5.74, 6) is 2.02. The molecule has 0 amide bonds. The second-order valence-corrected chi connectivity index (χ2v) is 27.8. The number of rotatable bonds is 17. The zero-order valence-electron chi connectivity index (χ0n) is 51.1. The molecule has 8 heterocycles. The molecule has 0 radical (unpaired) electrons. The van der Waals surface area contributed by atoms with Gasteiger partial charge in [-0.3, -0.25) is 26.9 Å². The predicted octanol–water partition coefficient (Wildman–Crippen LogP) is 19.7. The number of fused-ring (bicyclic) bond motifs is 8. The second-order valence-electron chi connectivity index (χ2n) is 22.7. The van der Waals surface area contributed by atoms with Gasteiger partial charge in [-0.1, -0.05) is 88.0 Å². The van der Waals surface area contributed by atoms with Crippen LogP contribution in [0.5, 0.6) is 46.0 Å². The van der Waals surface area contributed by atoms with Gasteiger partial charge in [0.15, 0.2) is 11.6 Å². The van der Waals surface area contributed by atoms with Crippen LogP contribution in [0.4, 0.5) is 0 Å². The smallest absolute Gasteiger partial charge is 0.421 e. The molecule has 0 N–H and O–H groups in total. The summed E-state index contributed by atoms with van der Waals surface area (Å²) >= 11 is 0. The van der Waals surface area contributed by atoms with E-state index in [1.165, 1.54) is 12.2 Å². The lowest BCUT2D eigenvalue weighted by atomic mass is 9.96. The van der Waals surface area contributed by atoms with Gasteiger partial charge in [-0.25, -0.2) is 0 Å². The largest absolute Gasteiger partial charge is 0.422 e. The van der Waals surface area contributed by atoms with Gasteiger partial charge in [0, 0.05) is 107 Å². The maximum absolute atomic E-state index is 14.7. The van der Waals surface area contributed by atoms with E-state index in [1.54, 1.807) is 24.3 Å². The molecule has 458 valence electrons. The Balaban J connectivity index is 1.06. The van der Waals surface area contributed by atoms with E-state index in [-0.39, 0.29) is 45.3 Å². The zero-order valence-corrected chi connectivity index (χ0v) is 54.6. The molecule has 18 heteroatoms. The fourth-order valence-electron chi connectivity index (χ4n) is 11.8. The lowest BCUT2D eigenvalue weighted by Gasteiger charge is -2.28. The van der Waals surface area contributed by atoms with E-state index in [4.69, 9.17) is 36.2 Å². The quantitative estimate of drug-likeness (QED) is 0.0494. The van der Waals surface area contributed by atoms with Crippen LogP contribution in [0.2, 0.25) is 0 Å². The van der Waals surface area contributed by atoms with E-state index in [9.17, 15) is 9.59 Å². The van der Waals surface area contributed by atoms with Gasteiger partial charge in [-0.2, -0.15) is 0 Å². The van der Waals surface area contributed by atoms with Crippen molar-refractivity contribution in [1.82, 2.24) is 17.4 Å². The van der Waals surface area contributed by atoms with Crippen molar-refractivity contribution in [3.8, 4) is 57.1 Å². The Morgan fingerprint density at radius 2 is 0.609 bits per heavy atom. The van der Waals surface area contributed by atoms with Gasteiger partial charge in [0.25, 0.3) is 0 Å². The van der Waals surface area contributed by atoms with Crippen LogP contribution in [-0.2, 0) is 25.7 Å². The van der Waals surface area contributed by atoms with Gasteiger partial charge in [-0.15, -0.1) is 0 Å². The molecule has 4 aromatic heterocycles. The van der Waals surface area contributed by atoms with E-state index >= 15 is 0 Å². The second kappa shape index (κ2) is 24.5. The van der Waals surface area contributed by atoms with Crippen molar-refractivity contribution in [2.24, 2.45) is 0 Å². The third-order valence-corrected chi connectivity index (χ3v) is 22.7. The molecule has 4 unspecified atom stereocenters. The van der Waals surface area contributed by atoms with Gasteiger partial charge in [0.1, 0.15) is 46.0 Å². The first-order chi connectivity index (χ1) is 44.7. The maximum Gasteiger partial charge on any atom is 0.421 e. The Labute approximate surface area is 539 Å². The summed E-state index contributed by atoms with van der Waals surface area (Å²) in [6, 6.07) is 38.6. The first-order valence-electron chi connectivity index (χ1n) is 29.7. The Morgan fingerprint density at radius 3 is 0.826 bits per heavy atom. The lowest BCUT2D eigenvalue weighted by molar-refractivity contribution is 0.103. The van der Waals surface area contributed by atoms with E-state index in [2.05, 4.69) is 91.4 Å². The van der Waals surface area contributed by atoms with Gasteiger partial charge in [0.2, 0.25) is 0 Å². The summed E-state index contributed by atoms with van der Waals surface area (Å²) in [6.07, 6.45) is 19.6. The number of aromatic nitrogens is 4. The minimum Gasteiger partial charge on any atom is -0.422 e. The molecule has 14 rings (SSSR count). The molecule has 92 heavy (non-hydrogen) atoms. The van der Waals surface area contributed by atoms with Crippen molar-refractivity contribution >= 4 is 70.0 Å². The summed E-state index contributed by atoms with van der Waals surface area (Å²) in [7, 11) is -8.76. The normalized spacial score (nSPS) is 16.3. The minimum atomic E-state index is -2.19. The number of ketones is 2. The monoisotopic (exact) mass is 1290 g/mol. The van der Waals surface area contributed by atoms with Gasteiger partial charge >= 0.3 is 34.1 Å². The molecular formula is C74H62N4O10P4. The number of nitrogens with zero attached hydrogens (tertiary/aromatic N) is 4. The maximum atomic E-state index is 14.7. The lowest BCUT2D eigenvalue weighted by Crippen LogP contribution is -2.11. The van der Waals surface area contributed by atoms with Crippen LogP contribution in [0.25, 0.3) is 35.4 Å². The molecule has 6 aromatic carbocycles. The van der Waals surface area contributed by atoms with Gasteiger partial charge in [0.05, 0.1) is 11.1 Å². The molecule has 0 aliphatic carbocycles. The molecule has 4 aliphatic rings. The summed E-state index contributed by atoms with van der Waals surface area (Å²) < 4.78 is 67.0. The highest BCUT2D eigenvalue weighted by atomic mass is 31.2. The Hall–Kier alpha value is -9.66. The van der Waals surface area contributed by atoms with Gasteiger partial charge in [-0.05, 0) is 181 Å². The minimum absolute atomic E-state index is 0.119. The molecule has 4 aliphatic heterocycles. The number of hydrogen-bond donors (Lipinski definition) is 0. The van der Waals surface area contributed by atoms with Crippen molar-refractivity contribution < 1.29 is 45.8 Å². The number of aryl methyl sites for hydroxylation is 4. The molecule has 0 fully saturated rings. The van der Waals surface area contributed by atoms with Crippen LogP contribution in [-0.4, -0.2) is 28.9 Å². The standard InChI is InChI=1S/C74H62N4O10P4/c1-11-49-17-21-65-55(33-49)37-59-45(7)25-29-75(59)89(81-65)85-69-41-53(63(79)15-5)42-70(86-90-76-30-26-46(8)60(76)38-56-34-50(12-2)18-22-66(56)82-90)73(69)74-71(87-91-77-31-27-47(9)61(77)39-57-35-51(13-3)19-23-67(57)83-91)43-54(64(80)16-6)44-72(74)88-92-78-32-28-48(10)62(78)40-58-36-52(14-4)20-24-68(58)84-92/h11-36,41-44H,1-6,37-40H2,7-10H3. The van der Waals surface area contributed by atoms with E-state index in [0.717, 1.165) is 89.5 Å². The average Bonchev–Trinajstić information content (AvgIpc) is 1.16. The highest BCUT2D eigenvalue weighted by Gasteiger charge is 2.39. The Bertz CT molecular complexity index is 4210. The zero-order chi connectivity index (χ0) is 63.6. The Morgan fingerprint density at radius 1 is 0.370 bits per heavy atom. The molecule has 0 bridgehead atoms. The SMILES string of the molecule is C=CC(=O)c1cc(OP2Oc3ccc(C=C)cc3Cc3c(C)ccn32)c(-c2c(OP3Oc4ccc(C=C)cc4Cc4c(C)ccn43)cc(C(=O)C=C)cc2OP2Oc3ccc(C=C)cc3Cc3c(C)ccn32)c(OP2Oc3ccc(C=C)cc3Cc3c(C)ccn32)c1. The van der Waals surface area contributed by atoms with Crippen LogP contribution < -0.4 is 36.2 Å². The van der Waals surface area contributed by atoms with Crippen molar-refractivity contribution in [2.75, 3.05) is 0 Å². The molecule has 10 aromatic rings.